The second-order valence-electron chi connectivity index (χ2n) is 7.12. The molecule has 5 rings (SSSR count). The first-order chi connectivity index (χ1) is 8.61. The van der Waals surface area contributed by atoms with Crippen LogP contribution in [0.15, 0.2) is 0 Å². The molecule has 0 aromatic carbocycles. The standard InChI is InChI=1S/C14H20O4/c15-13-9-3-1-7(5-9)11(13)17-14(16)10-4-2-8(6-10)12(14)18-13/h7-12,15-16H,1-6H2/t7-,8-,9+,10+,11+,12+,13-,14-/m0/s1. The average molecular weight is 252 g/mol. The van der Waals surface area contributed by atoms with E-state index < -0.39 is 11.6 Å². The molecule has 4 nitrogen and oxygen atoms in total. The first-order valence-corrected chi connectivity index (χ1v) is 7.41. The van der Waals surface area contributed by atoms with Gasteiger partial charge in [-0.3, -0.25) is 0 Å². The van der Waals surface area contributed by atoms with Crippen molar-refractivity contribution in [1.82, 2.24) is 0 Å². The minimum atomic E-state index is -1.11. The van der Waals surface area contributed by atoms with Gasteiger partial charge in [0, 0.05) is 11.8 Å². The minimum absolute atomic E-state index is 0.219. The van der Waals surface area contributed by atoms with Crippen molar-refractivity contribution < 1.29 is 19.7 Å². The van der Waals surface area contributed by atoms with E-state index in [4.69, 9.17) is 9.47 Å². The highest BCUT2D eigenvalue weighted by molar-refractivity contribution is 5.13. The van der Waals surface area contributed by atoms with E-state index in [2.05, 4.69) is 0 Å². The van der Waals surface area contributed by atoms with Gasteiger partial charge < -0.3 is 19.7 Å². The Morgan fingerprint density at radius 3 is 1.61 bits per heavy atom. The molecular weight excluding hydrogens is 232 g/mol. The van der Waals surface area contributed by atoms with Crippen molar-refractivity contribution in [1.29, 1.82) is 0 Å². The summed E-state index contributed by atoms with van der Waals surface area (Å²) in [6.45, 7) is 0. The number of ether oxygens (including phenoxy) is 2. The zero-order valence-corrected chi connectivity index (χ0v) is 10.4. The Balaban J connectivity index is 1.57. The van der Waals surface area contributed by atoms with Gasteiger partial charge in [0.2, 0.25) is 0 Å². The molecule has 1 heterocycles. The molecule has 0 amide bonds. The van der Waals surface area contributed by atoms with Crippen molar-refractivity contribution >= 4 is 0 Å². The third-order valence-electron chi connectivity index (χ3n) is 6.42. The Kier molecular flexibility index (Phi) is 1.74. The van der Waals surface area contributed by atoms with Crippen molar-refractivity contribution in [3.05, 3.63) is 0 Å². The van der Waals surface area contributed by atoms with Crippen LogP contribution in [-0.2, 0) is 9.47 Å². The smallest absolute Gasteiger partial charge is 0.196 e. The summed E-state index contributed by atoms with van der Waals surface area (Å²) >= 11 is 0. The van der Waals surface area contributed by atoms with Gasteiger partial charge in [0.25, 0.3) is 0 Å². The lowest BCUT2D eigenvalue weighted by Crippen LogP contribution is -2.67. The highest BCUT2D eigenvalue weighted by Crippen LogP contribution is 2.63. The number of aliphatic hydroxyl groups is 2. The second kappa shape index (κ2) is 2.95. The van der Waals surface area contributed by atoms with Crippen LogP contribution in [0.1, 0.15) is 38.5 Å². The number of fused-ring (bicyclic) bond motifs is 10. The van der Waals surface area contributed by atoms with E-state index in [1.54, 1.807) is 0 Å². The monoisotopic (exact) mass is 252 g/mol. The number of rotatable bonds is 0. The van der Waals surface area contributed by atoms with Crippen LogP contribution in [-0.4, -0.2) is 34.0 Å². The zero-order chi connectivity index (χ0) is 12.1. The van der Waals surface area contributed by atoms with Crippen molar-refractivity contribution in [2.24, 2.45) is 23.7 Å². The summed E-state index contributed by atoms with van der Waals surface area (Å²) in [6.07, 6.45) is 5.71. The lowest BCUT2D eigenvalue weighted by molar-refractivity contribution is -0.442. The second-order valence-corrected chi connectivity index (χ2v) is 7.12. The molecule has 4 bridgehead atoms. The number of hydrogen-bond donors (Lipinski definition) is 2. The van der Waals surface area contributed by atoms with Crippen LogP contribution >= 0.6 is 0 Å². The van der Waals surface area contributed by atoms with Gasteiger partial charge in [-0.15, -0.1) is 0 Å². The molecule has 1 saturated heterocycles. The molecule has 18 heavy (non-hydrogen) atoms. The van der Waals surface area contributed by atoms with Gasteiger partial charge in [-0.1, -0.05) is 0 Å². The van der Waals surface area contributed by atoms with Crippen LogP contribution < -0.4 is 0 Å². The van der Waals surface area contributed by atoms with E-state index in [-0.39, 0.29) is 24.0 Å². The summed E-state index contributed by atoms with van der Waals surface area (Å²) in [5.74, 6) is -1.02. The molecule has 8 atom stereocenters. The average Bonchev–Trinajstić information content (AvgIpc) is 3.05. The number of hydrogen-bond acceptors (Lipinski definition) is 4. The molecule has 5 fully saturated rings. The zero-order valence-electron chi connectivity index (χ0n) is 10.4. The fourth-order valence-electron chi connectivity index (χ4n) is 5.57. The first kappa shape index (κ1) is 10.6. The van der Waals surface area contributed by atoms with E-state index in [9.17, 15) is 10.2 Å². The fourth-order valence-corrected chi connectivity index (χ4v) is 5.57. The molecular formula is C14H20O4. The van der Waals surface area contributed by atoms with E-state index in [0.29, 0.717) is 11.8 Å². The topological polar surface area (TPSA) is 58.9 Å². The molecule has 0 aromatic heterocycles. The Bertz CT molecular complexity index is 375. The maximum Gasteiger partial charge on any atom is 0.196 e. The van der Waals surface area contributed by atoms with E-state index in [1.165, 1.54) is 0 Å². The highest BCUT2D eigenvalue weighted by atomic mass is 16.7. The molecule has 0 aromatic rings. The largest absolute Gasteiger partial charge is 0.363 e. The van der Waals surface area contributed by atoms with E-state index in [1.807, 2.05) is 0 Å². The third kappa shape index (κ3) is 0.974. The van der Waals surface area contributed by atoms with Crippen LogP contribution in [0.4, 0.5) is 0 Å². The normalized spacial score (nSPS) is 68.3. The van der Waals surface area contributed by atoms with Gasteiger partial charge in [0.05, 0.1) is 0 Å². The lowest BCUT2D eigenvalue weighted by Gasteiger charge is -2.53. The molecule has 100 valence electrons. The molecule has 4 saturated carbocycles. The first-order valence-electron chi connectivity index (χ1n) is 7.41. The summed E-state index contributed by atoms with van der Waals surface area (Å²) in [5.41, 5.74) is 0. The third-order valence-corrected chi connectivity index (χ3v) is 6.42. The van der Waals surface area contributed by atoms with Crippen LogP contribution in [0.3, 0.4) is 0 Å². The van der Waals surface area contributed by atoms with Gasteiger partial charge in [-0.25, -0.2) is 0 Å². The van der Waals surface area contributed by atoms with Crippen LogP contribution in [0.2, 0.25) is 0 Å². The van der Waals surface area contributed by atoms with Gasteiger partial charge >= 0.3 is 0 Å². The Morgan fingerprint density at radius 1 is 0.722 bits per heavy atom. The lowest BCUT2D eigenvalue weighted by atomic mass is 9.84. The summed E-state index contributed by atoms with van der Waals surface area (Å²) in [4.78, 5) is 0. The molecule has 5 aliphatic rings. The van der Waals surface area contributed by atoms with E-state index >= 15 is 0 Å². The molecule has 0 radical (unpaired) electrons. The Hall–Kier alpha value is -0.160. The maximum atomic E-state index is 10.8. The Morgan fingerprint density at radius 2 is 1.17 bits per heavy atom. The van der Waals surface area contributed by atoms with Crippen molar-refractivity contribution in [3.8, 4) is 0 Å². The predicted octanol–water partition coefficient (Wildman–Crippen LogP) is 1.01. The van der Waals surface area contributed by atoms with Gasteiger partial charge in [0.1, 0.15) is 12.2 Å². The molecule has 2 N–H and O–H groups in total. The van der Waals surface area contributed by atoms with Crippen molar-refractivity contribution in [3.63, 3.8) is 0 Å². The SMILES string of the molecule is O[C@@]12O[C@@H]3[C@H]4CC[C@H](C4)[C@]3(O)O[C@@H]1[C@H]1CC[C@@H]2C1. The molecule has 0 spiro atoms. The highest BCUT2D eigenvalue weighted by Gasteiger charge is 2.72. The van der Waals surface area contributed by atoms with Gasteiger partial charge in [0.15, 0.2) is 11.6 Å². The van der Waals surface area contributed by atoms with Crippen LogP contribution in [0, 0.1) is 23.7 Å². The predicted molar refractivity (Wildman–Crippen MR) is 61.3 cm³/mol. The summed E-state index contributed by atoms with van der Waals surface area (Å²) < 4.78 is 12.1. The fraction of sp³-hybridized carbons (Fsp3) is 1.00. The van der Waals surface area contributed by atoms with Crippen LogP contribution in [0.25, 0.3) is 0 Å². The minimum Gasteiger partial charge on any atom is -0.363 e. The molecule has 4 aliphatic carbocycles. The molecule has 1 aliphatic heterocycles. The van der Waals surface area contributed by atoms with Gasteiger partial charge in [-0.2, -0.15) is 0 Å². The molecule has 0 unspecified atom stereocenters. The quantitative estimate of drug-likeness (QED) is 0.675. The Labute approximate surface area is 106 Å². The maximum absolute atomic E-state index is 10.8. The van der Waals surface area contributed by atoms with Crippen LogP contribution in [0.5, 0.6) is 0 Å². The van der Waals surface area contributed by atoms with Gasteiger partial charge in [-0.05, 0) is 50.4 Å². The summed E-state index contributed by atoms with van der Waals surface area (Å²) in [5, 5.41) is 21.7. The summed E-state index contributed by atoms with van der Waals surface area (Å²) in [6, 6.07) is 0. The van der Waals surface area contributed by atoms with Crippen molar-refractivity contribution in [2.75, 3.05) is 0 Å². The summed E-state index contributed by atoms with van der Waals surface area (Å²) in [7, 11) is 0. The molecule has 4 heteroatoms. The van der Waals surface area contributed by atoms with E-state index in [0.717, 1.165) is 38.5 Å². The van der Waals surface area contributed by atoms with Crippen molar-refractivity contribution in [2.45, 2.75) is 62.3 Å².